The van der Waals surface area contributed by atoms with Gasteiger partial charge >= 0.3 is 11.9 Å². The molecule has 0 atom stereocenters. The highest BCUT2D eigenvalue weighted by atomic mass is 16.5. The number of carbonyl (C=O) groups excluding carboxylic acids is 2. The van der Waals surface area contributed by atoms with Crippen molar-refractivity contribution in [1.29, 1.82) is 0 Å². The molecule has 0 aromatic heterocycles. The van der Waals surface area contributed by atoms with Crippen LogP contribution in [-0.4, -0.2) is 48.6 Å². The Hall–Kier alpha value is -1.85. The van der Waals surface area contributed by atoms with Gasteiger partial charge in [0.1, 0.15) is 0 Å². The SMILES string of the molecule is CC(=CC(=O)O)C(=O)OCC(=O)N(C)C. The summed E-state index contributed by atoms with van der Waals surface area (Å²) in [5.41, 5.74) is -0.0611. The summed E-state index contributed by atoms with van der Waals surface area (Å²) in [5, 5.41) is 8.34. The molecule has 6 heteroatoms. The monoisotopic (exact) mass is 215 g/mol. The molecule has 0 rings (SSSR count). The van der Waals surface area contributed by atoms with E-state index >= 15 is 0 Å². The second-order valence-corrected chi connectivity index (χ2v) is 3.03. The summed E-state index contributed by atoms with van der Waals surface area (Å²) in [5.74, 6) is -2.41. The number of likely N-dealkylation sites (N-methyl/N-ethyl adjacent to an activating group) is 1. The van der Waals surface area contributed by atoms with Gasteiger partial charge in [-0.15, -0.1) is 0 Å². The number of ether oxygens (including phenoxy) is 1. The van der Waals surface area contributed by atoms with Gasteiger partial charge in [0.2, 0.25) is 0 Å². The molecule has 0 saturated carbocycles. The zero-order valence-electron chi connectivity index (χ0n) is 8.81. The molecular formula is C9H13NO5. The minimum atomic E-state index is -1.23. The lowest BCUT2D eigenvalue weighted by Gasteiger charge is -2.10. The number of nitrogens with zero attached hydrogens (tertiary/aromatic N) is 1. The van der Waals surface area contributed by atoms with Crippen LogP contribution in [0.15, 0.2) is 11.6 Å². The number of esters is 1. The zero-order valence-corrected chi connectivity index (χ0v) is 8.81. The van der Waals surface area contributed by atoms with Crippen LogP contribution >= 0.6 is 0 Å². The fraction of sp³-hybridized carbons (Fsp3) is 0.444. The van der Waals surface area contributed by atoms with Gasteiger partial charge in [0.05, 0.1) is 0 Å². The average Bonchev–Trinajstić information content (AvgIpc) is 2.12. The van der Waals surface area contributed by atoms with Crippen LogP contribution in [0.25, 0.3) is 0 Å². The predicted molar refractivity (Wildman–Crippen MR) is 51.0 cm³/mol. The first-order valence-corrected chi connectivity index (χ1v) is 4.13. The zero-order chi connectivity index (χ0) is 12.0. The third-order valence-corrected chi connectivity index (χ3v) is 1.49. The largest absolute Gasteiger partial charge is 0.478 e. The number of aliphatic carboxylic acids is 1. The van der Waals surface area contributed by atoms with Crippen molar-refractivity contribution in [3.8, 4) is 0 Å². The van der Waals surface area contributed by atoms with Gasteiger partial charge in [0, 0.05) is 25.7 Å². The highest BCUT2D eigenvalue weighted by Crippen LogP contribution is 1.96. The number of carboxylic acids is 1. The Morgan fingerprint density at radius 2 is 1.87 bits per heavy atom. The van der Waals surface area contributed by atoms with Crippen LogP contribution in [0, 0.1) is 0 Å². The number of hydrogen-bond acceptors (Lipinski definition) is 4. The Kier molecular flexibility index (Phi) is 5.08. The molecule has 0 aromatic rings. The lowest BCUT2D eigenvalue weighted by Crippen LogP contribution is -2.27. The van der Waals surface area contributed by atoms with E-state index in [4.69, 9.17) is 5.11 Å². The molecule has 0 unspecified atom stereocenters. The van der Waals surface area contributed by atoms with E-state index in [2.05, 4.69) is 4.74 Å². The van der Waals surface area contributed by atoms with E-state index in [1.54, 1.807) is 0 Å². The van der Waals surface area contributed by atoms with E-state index in [1.807, 2.05) is 0 Å². The molecule has 0 saturated heterocycles. The van der Waals surface area contributed by atoms with Crippen molar-refractivity contribution < 1.29 is 24.2 Å². The molecule has 0 heterocycles. The average molecular weight is 215 g/mol. The van der Waals surface area contributed by atoms with E-state index in [9.17, 15) is 14.4 Å². The van der Waals surface area contributed by atoms with Gasteiger partial charge < -0.3 is 14.7 Å². The fourth-order valence-electron chi connectivity index (χ4n) is 0.614. The summed E-state index contributed by atoms with van der Waals surface area (Å²) in [6.45, 7) is 0.910. The van der Waals surface area contributed by atoms with Crippen molar-refractivity contribution >= 4 is 17.8 Å². The van der Waals surface area contributed by atoms with Crippen molar-refractivity contribution in [2.45, 2.75) is 6.92 Å². The van der Waals surface area contributed by atoms with Crippen molar-refractivity contribution in [3.05, 3.63) is 11.6 Å². The molecule has 1 amide bonds. The summed E-state index contributed by atoms with van der Waals surface area (Å²) in [7, 11) is 3.05. The molecule has 0 aliphatic heterocycles. The Labute approximate surface area is 87.1 Å². The molecule has 0 aromatic carbocycles. The molecule has 0 fully saturated rings. The maximum absolute atomic E-state index is 11.1. The predicted octanol–water partition coefficient (Wildman–Crippen LogP) is -0.351. The van der Waals surface area contributed by atoms with E-state index in [-0.39, 0.29) is 11.5 Å². The number of carbonyl (C=O) groups is 3. The van der Waals surface area contributed by atoms with Crippen LogP contribution in [0.1, 0.15) is 6.92 Å². The molecule has 15 heavy (non-hydrogen) atoms. The normalized spacial score (nSPS) is 10.7. The molecule has 0 aliphatic carbocycles. The first-order valence-electron chi connectivity index (χ1n) is 4.13. The van der Waals surface area contributed by atoms with Crippen LogP contribution in [0.3, 0.4) is 0 Å². The second-order valence-electron chi connectivity index (χ2n) is 3.03. The van der Waals surface area contributed by atoms with Crippen LogP contribution in [0.4, 0.5) is 0 Å². The first kappa shape index (κ1) is 13.2. The molecule has 0 radical (unpaired) electrons. The molecule has 84 valence electrons. The number of amides is 1. The second kappa shape index (κ2) is 5.79. The van der Waals surface area contributed by atoms with Gasteiger partial charge in [0.25, 0.3) is 5.91 Å². The fourth-order valence-corrected chi connectivity index (χ4v) is 0.614. The molecule has 0 aliphatic rings. The quantitative estimate of drug-likeness (QED) is 0.511. The summed E-state index contributed by atoms with van der Waals surface area (Å²) in [6, 6.07) is 0. The van der Waals surface area contributed by atoms with Gasteiger partial charge in [-0.3, -0.25) is 4.79 Å². The van der Waals surface area contributed by atoms with Crippen LogP contribution < -0.4 is 0 Å². The molecule has 6 nitrogen and oxygen atoms in total. The third kappa shape index (κ3) is 5.45. The van der Waals surface area contributed by atoms with E-state index < -0.39 is 18.5 Å². The standard InChI is InChI=1S/C9H13NO5/c1-6(4-8(12)13)9(14)15-5-7(11)10(2)3/h4H,5H2,1-3H3,(H,12,13). The molecular weight excluding hydrogens is 202 g/mol. The van der Waals surface area contributed by atoms with E-state index in [0.29, 0.717) is 0 Å². The summed E-state index contributed by atoms with van der Waals surface area (Å²) in [6.07, 6.45) is 0.725. The van der Waals surface area contributed by atoms with Crippen molar-refractivity contribution in [1.82, 2.24) is 4.90 Å². The van der Waals surface area contributed by atoms with Gasteiger partial charge in [-0.05, 0) is 6.92 Å². The summed E-state index contributed by atoms with van der Waals surface area (Å²) >= 11 is 0. The van der Waals surface area contributed by atoms with Crippen LogP contribution in [0.2, 0.25) is 0 Å². The lowest BCUT2D eigenvalue weighted by atomic mass is 10.3. The topological polar surface area (TPSA) is 83.9 Å². The van der Waals surface area contributed by atoms with E-state index in [1.165, 1.54) is 25.9 Å². The van der Waals surface area contributed by atoms with Gasteiger partial charge in [0.15, 0.2) is 6.61 Å². The van der Waals surface area contributed by atoms with Crippen molar-refractivity contribution in [2.24, 2.45) is 0 Å². The van der Waals surface area contributed by atoms with Crippen molar-refractivity contribution in [3.63, 3.8) is 0 Å². The first-order chi connectivity index (χ1) is 6.84. The van der Waals surface area contributed by atoms with Gasteiger partial charge in [-0.2, -0.15) is 0 Å². The highest BCUT2D eigenvalue weighted by Gasteiger charge is 2.11. The minimum absolute atomic E-state index is 0.0611. The number of carboxylic acid groups (broad SMARTS) is 1. The van der Waals surface area contributed by atoms with Crippen molar-refractivity contribution in [2.75, 3.05) is 20.7 Å². The smallest absolute Gasteiger partial charge is 0.334 e. The number of rotatable bonds is 4. The van der Waals surface area contributed by atoms with Gasteiger partial charge in [-0.25, -0.2) is 9.59 Å². The van der Waals surface area contributed by atoms with E-state index in [0.717, 1.165) is 6.08 Å². The Morgan fingerprint density at radius 3 is 2.27 bits per heavy atom. The Morgan fingerprint density at radius 1 is 1.33 bits per heavy atom. The number of hydrogen-bond donors (Lipinski definition) is 1. The molecule has 1 N–H and O–H groups in total. The highest BCUT2D eigenvalue weighted by molar-refractivity contribution is 5.96. The van der Waals surface area contributed by atoms with Crippen LogP contribution in [0.5, 0.6) is 0 Å². The Bertz CT molecular complexity index is 306. The maximum Gasteiger partial charge on any atom is 0.334 e. The molecule has 0 bridgehead atoms. The minimum Gasteiger partial charge on any atom is -0.478 e. The molecule has 0 spiro atoms. The Balaban J connectivity index is 4.16. The van der Waals surface area contributed by atoms with Gasteiger partial charge in [-0.1, -0.05) is 0 Å². The summed E-state index contributed by atoms with van der Waals surface area (Å²) < 4.78 is 4.57. The maximum atomic E-state index is 11.1. The third-order valence-electron chi connectivity index (χ3n) is 1.49. The summed E-state index contributed by atoms with van der Waals surface area (Å²) in [4.78, 5) is 33.6. The lowest BCUT2D eigenvalue weighted by molar-refractivity contribution is -0.147. The van der Waals surface area contributed by atoms with Crippen LogP contribution in [-0.2, 0) is 19.1 Å².